The van der Waals surface area contributed by atoms with Gasteiger partial charge < -0.3 is 19.7 Å². The number of carbonyl (C=O) groups excluding carboxylic acids is 3. The molecule has 1 N–H and O–H groups in total. The SMILES string of the molecule is CCNC(=O)CN(CC)C(=O)COC(=O)COc1ccc(C)c(C)c1. The van der Waals surface area contributed by atoms with Gasteiger partial charge in [0.1, 0.15) is 5.75 Å². The van der Waals surface area contributed by atoms with Gasteiger partial charge in [0.2, 0.25) is 5.91 Å². The number of esters is 1. The van der Waals surface area contributed by atoms with E-state index in [0.717, 1.165) is 11.1 Å². The van der Waals surface area contributed by atoms with Gasteiger partial charge in [0, 0.05) is 13.1 Å². The number of hydrogen-bond donors (Lipinski definition) is 1. The van der Waals surface area contributed by atoms with Crippen molar-refractivity contribution in [2.24, 2.45) is 0 Å². The van der Waals surface area contributed by atoms with E-state index in [1.807, 2.05) is 26.0 Å². The molecule has 0 fully saturated rings. The molecule has 0 unspecified atom stereocenters. The third kappa shape index (κ3) is 7.24. The smallest absolute Gasteiger partial charge is 0.344 e. The predicted octanol–water partition coefficient (Wildman–Crippen LogP) is 1.21. The van der Waals surface area contributed by atoms with Crippen LogP contribution in [0.2, 0.25) is 0 Å². The Morgan fingerprint density at radius 2 is 1.80 bits per heavy atom. The average molecular weight is 350 g/mol. The lowest BCUT2D eigenvalue weighted by Crippen LogP contribution is -2.42. The van der Waals surface area contributed by atoms with Gasteiger partial charge in [-0.2, -0.15) is 0 Å². The molecule has 0 radical (unpaired) electrons. The standard InChI is InChI=1S/C18H26N2O5/c1-5-19-16(21)10-20(6-2)17(22)11-25-18(23)12-24-15-8-7-13(3)14(4)9-15/h7-9H,5-6,10-12H2,1-4H3,(H,19,21). The number of hydrogen-bond acceptors (Lipinski definition) is 5. The van der Waals surface area contributed by atoms with Gasteiger partial charge in [-0.1, -0.05) is 6.07 Å². The molecule has 0 aromatic heterocycles. The first kappa shape index (κ1) is 20.5. The Balaban J connectivity index is 2.39. The second kappa shape index (κ2) is 10.3. The van der Waals surface area contributed by atoms with Crippen LogP contribution >= 0.6 is 0 Å². The minimum atomic E-state index is -0.638. The summed E-state index contributed by atoms with van der Waals surface area (Å²) >= 11 is 0. The summed E-state index contributed by atoms with van der Waals surface area (Å²) in [5.74, 6) is -0.742. The molecule has 1 aromatic rings. The van der Waals surface area contributed by atoms with Crippen LogP contribution in [-0.2, 0) is 19.1 Å². The molecular weight excluding hydrogens is 324 g/mol. The van der Waals surface area contributed by atoms with E-state index in [0.29, 0.717) is 18.8 Å². The molecule has 0 aliphatic rings. The zero-order chi connectivity index (χ0) is 18.8. The van der Waals surface area contributed by atoms with E-state index >= 15 is 0 Å². The Kier molecular flexibility index (Phi) is 8.46. The summed E-state index contributed by atoms with van der Waals surface area (Å²) in [5, 5.41) is 2.62. The van der Waals surface area contributed by atoms with Crippen molar-refractivity contribution in [3.8, 4) is 5.75 Å². The zero-order valence-corrected chi connectivity index (χ0v) is 15.3. The molecule has 7 nitrogen and oxygen atoms in total. The van der Waals surface area contributed by atoms with Crippen molar-refractivity contribution in [2.45, 2.75) is 27.7 Å². The molecule has 25 heavy (non-hydrogen) atoms. The number of amides is 2. The lowest BCUT2D eigenvalue weighted by Gasteiger charge is -2.20. The third-order valence-corrected chi connectivity index (χ3v) is 3.63. The van der Waals surface area contributed by atoms with Crippen molar-refractivity contribution in [3.05, 3.63) is 29.3 Å². The normalized spacial score (nSPS) is 10.1. The maximum absolute atomic E-state index is 12.0. The Labute approximate surface area is 148 Å². The largest absolute Gasteiger partial charge is 0.482 e. The van der Waals surface area contributed by atoms with Gasteiger partial charge in [0.05, 0.1) is 6.54 Å². The lowest BCUT2D eigenvalue weighted by molar-refractivity contribution is -0.154. The van der Waals surface area contributed by atoms with Crippen LogP contribution in [0, 0.1) is 13.8 Å². The van der Waals surface area contributed by atoms with Crippen LogP contribution in [0.15, 0.2) is 18.2 Å². The molecule has 0 bridgehead atoms. The highest BCUT2D eigenvalue weighted by atomic mass is 16.6. The summed E-state index contributed by atoms with van der Waals surface area (Å²) in [6.07, 6.45) is 0. The van der Waals surface area contributed by atoms with Crippen molar-refractivity contribution < 1.29 is 23.9 Å². The van der Waals surface area contributed by atoms with E-state index in [2.05, 4.69) is 5.32 Å². The van der Waals surface area contributed by atoms with Crippen molar-refractivity contribution in [3.63, 3.8) is 0 Å². The average Bonchev–Trinajstić information content (AvgIpc) is 2.58. The fourth-order valence-corrected chi connectivity index (χ4v) is 2.02. The highest BCUT2D eigenvalue weighted by Crippen LogP contribution is 2.16. The van der Waals surface area contributed by atoms with Crippen LogP contribution in [-0.4, -0.2) is 55.5 Å². The predicted molar refractivity (Wildman–Crippen MR) is 93.3 cm³/mol. The molecule has 1 aromatic carbocycles. The van der Waals surface area contributed by atoms with Crippen LogP contribution in [0.1, 0.15) is 25.0 Å². The molecule has 0 saturated heterocycles. The summed E-state index contributed by atoms with van der Waals surface area (Å²) in [6.45, 7) is 7.59. The minimum Gasteiger partial charge on any atom is -0.482 e. The number of carbonyl (C=O) groups is 3. The molecular formula is C18H26N2O5. The van der Waals surface area contributed by atoms with Crippen molar-refractivity contribution in [1.29, 1.82) is 0 Å². The topological polar surface area (TPSA) is 84.9 Å². The number of likely N-dealkylation sites (N-methyl/N-ethyl adjacent to an activating group) is 2. The monoisotopic (exact) mass is 350 g/mol. The number of aryl methyl sites for hydroxylation is 2. The summed E-state index contributed by atoms with van der Waals surface area (Å²) in [4.78, 5) is 36.6. The number of nitrogens with one attached hydrogen (secondary N) is 1. The maximum atomic E-state index is 12.0. The Morgan fingerprint density at radius 3 is 2.40 bits per heavy atom. The minimum absolute atomic E-state index is 0.0557. The number of rotatable bonds is 9. The lowest BCUT2D eigenvalue weighted by atomic mass is 10.1. The van der Waals surface area contributed by atoms with E-state index in [9.17, 15) is 14.4 Å². The zero-order valence-electron chi connectivity index (χ0n) is 15.3. The number of ether oxygens (including phenoxy) is 2. The summed E-state index contributed by atoms with van der Waals surface area (Å²) in [7, 11) is 0. The van der Waals surface area contributed by atoms with Crippen LogP contribution in [0.25, 0.3) is 0 Å². The molecule has 0 heterocycles. The van der Waals surface area contributed by atoms with Crippen LogP contribution < -0.4 is 10.1 Å². The highest BCUT2D eigenvalue weighted by Gasteiger charge is 2.17. The fraction of sp³-hybridized carbons (Fsp3) is 0.500. The fourth-order valence-electron chi connectivity index (χ4n) is 2.02. The van der Waals surface area contributed by atoms with Gasteiger partial charge in [-0.3, -0.25) is 9.59 Å². The molecule has 0 atom stereocenters. The molecule has 7 heteroatoms. The maximum Gasteiger partial charge on any atom is 0.344 e. The first-order valence-corrected chi connectivity index (χ1v) is 8.27. The summed E-state index contributed by atoms with van der Waals surface area (Å²) < 4.78 is 10.3. The third-order valence-electron chi connectivity index (χ3n) is 3.63. The first-order chi connectivity index (χ1) is 11.9. The van der Waals surface area contributed by atoms with E-state index < -0.39 is 18.5 Å². The van der Waals surface area contributed by atoms with E-state index in [1.54, 1.807) is 19.9 Å². The molecule has 0 saturated carbocycles. The van der Waals surface area contributed by atoms with Crippen LogP contribution in [0.5, 0.6) is 5.75 Å². The van der Waals surface area contributed by atoms with E-state index in [1.165, 1.54) is 4.90 Å². The van der Waals surface area contributed by atoms with Gasteiger partial charge in [-0.15, -0.1) is 0 Å². The van der Waals surface area contributed by atoms with Gasteiger partial charge in [-0.05, 0) is 51.0 Å². The Hall–Kier alpha value is -2.57. The molecule has 0 aliphatic carbocycles. The van der Waals surface area contributed by atoms with Crippen LogP contribution in [0.4, 0.5) is 0 Å². The first-order valence-electron chi connectivity index (χ1n) is 8.27. The molecule has 2 amide bonds. The molecule has 0 aliphatic heterocycles. The van der Waals surface area contributed by atoms with Gasteiger partial charge in [0.15, 0.2) is 13.2 Å². The van der Waals surface area contributed by atoms with Gasteiger partial charge in [-0.25, -0.2) is 4.79 Å². The van der Waals surface area contributed by atoms with Crippen molar-refractivity contribution in [2.75, 3.05) is 32.8 Å². The van der Waals surface area contributed by atoms with Crippen molar-refractivity contribution in [1.82, 2.24) is 10.2 Å². The Bertz CT molecular complexity index is 615. The van der Waals surface area contributed by atoms with E-state index in [-0.39, 0.29) is 19.1 Å². The van der Waals surface area contributed by atoms with Crippen molar-refractivity contribution >= 4 is 17.8 Å². The number of benzene rings is 1. The molecule has 0 spiro atoms. The second-order valence-corrected chi connectivity index (χ2v) is 5.56. The van der Waals surface area contributed by atoms with E-state index in [4.69, 9.17) is 9.47 Å². The summed E-state index contributed by atoms with van der Waals surface area (Å²) in [6, 6.07) is 5.50. The molecule has 138 valence electrons. The second-order valence-electron chi connectivity index (χ2n) is 5.56. The van der Waals surface area contributed by atoms with Gasteiger partial charge in [0.25, 0.3) is 5.91 Å². The summed E-state index contributed by atoms with van der Waals surface area (Å²) in [5.41, 5.74) is 2.19. The quantitative estimate of drug-likeness (QED) is 0.677. The molecule has 1 rings (SSSR count). The van der Waals surface area contributed by atoms with Gasteiger partial charge >= 0.3 is 5.97 Å². The Morgan fingerprint density at radius 1 is 1.08 bits per heavy atom. The highest BCUT2D eigenvalue weighted by molar-refractivity contribution is 5.86. The van der Waals surface area contributed by atoms with Crippen LogP contribution in [0.3, 0.4) is 0 Å². The number of nitrogens with zero attached hydrogens (tertiary/aromatic N) is 1.